The smallest absolute Gasteiger partial charge is 0.261 e. The lowest BCUT2D eigenvalue weighted by Crippen LogP contribution is -2.15. The average molecular weight is 431 g/mol. The fourth-order valence-corrected chi connectivity index (χ4v) is 3.97. The standard InChI is InChI=1S/C21H19ClN2O4S/c1-14-18(22)7-5-8-19(14)24-29(26,27)16-12-10-15(11-13-16)23-21(25)17-6-3-4-9-20(17)28-2/h3-13,24H,1-2H3,(H,23,25). The zero-order chi connectivity index (χ0) is 21.0. The minimum atomic E-state index is -3.80. The number of amides is 1. The molecule has 29 heavy (non-hydrogen) atoms. The van der Waals surface area contributed by atoms with Gasteiger partial charge in [0.25, 0.3) is 15.9 Å². The zero-order valence-electron chi connectivity index (χ0n) is 15.8. The molecule has 6 nitrogen and oxygen atoms in total. The lowest BCUT2D eigenvalue weighted by molar-refractivity contribution is 0.102. The van der Waals surface area contributed by atoms with E-state index < -0.39 is 10.0 Å². The molecule has 0 bridgehead atoms. The number of anilines is 2. The summed E-state index contributed by atoms with van der Waals surface area (Å²) in [5.41, 5.74) is 1.88. The summed E-state index contributed by atoms with van der Waals surface area (Å²) >= 11 is 6.05. The number of hydrogen-bond donors (Lipinski definition) is 2. The van der Waals surface area contributed by atoms with Crippen LogP contribution in [0.3, 0.4) is 0 Å². The maximum atomic E-state index is 12.6. The van der Waals surface area contributed by atoms with Crippen molar-refractivity contribution >= 4 is 38.9 Å². The fraction of sp³-hybridized carbons (Fsp3) is 0.0952. The topological polar surface area (TPSA) is 84.5 Å². The molecule has 0 saturated carbocycles. The lowest BCUT2D eigenvalue weighted by Gasteiger charge is -2.12. The van der Waals surface area contributed by atoms with Crippen LogP contribution in [0, 0.1) is 6.92 Å². The van der Waals surface area contributed by atoms with Crippen LogP contribution in [0.25, 0.3) is 0 Å². The molecule has 0 unspecified atom stereocenters. The Hall–Kier alpha value is -3.03. The number of methoxy groups -OCH3 is 1. The monoisotopic (exact) mass is 430 g/mol. The van der Waals surface area contributed by atoms with E-state index in [9.17, 15) is 13.2 Å². The number of nitrogens with one attached hydrogen (secondary N) is 2. The van der Waals surface area contributed by atoms with Crippen LogP contribution in [0.15, 0.2) is 71.6 Å². The van der Waals surface area contributed by atoms with Crippen molar-refractivity contribution in [2.75, 3.05) is 17.1 Å². The van der Waals surface area contributed by atoms with Crippen molar-refractivity contribution in [2.24, 2.45) is 0 Å². The van der Waals surface area contributed by atoms with E-state index in [-0.39, 0.29) is 10.8 Å². The molecule has 3 aromatic rings. The number of benzene rings is 3. The van der Waals surface area contributed by atoms with Gasteiger partial charge in [0.2, 0.25) is 0 Å². The third-order valence-electron chi connectivity index (χ3n) is 4.29. The molecular formula is C21H19ClN2O4S. The van der Waals surface area contributed by atoms with E-state index in [1.165, 1.54) is 31.4 Å². The van der Waals surface area contributed by atoms with Gasteiger partial charge in [-0.15, -0.1) is 0 Å². The molecule has 0 radical (unpaired) electrons. The van der Waals surface area contributed by atoms with E-state index in [0.717, 1.165) is 0 Å². The number of sulfonamides is 1. The van der Waals surface area contributed by atoms with Gasteiger partial charge in [0, 0.05) is 10.7 Å². The Bertz CT molecular complexity index is 1150. The largest absolute Gasteiger partial charge is 0.496 e. The lowest BCUT2D eigenvalue weighted by atomic mass is 10.2. The second-order valence-electron chi connectivity index (χ2n) is 6.20. The van der Waals surface area contributed by atoms with Gasteiger partial charge in [0.05, 0.1) is 23.3 Å². The highest BCUT2D eigenvalue weighted by Gasteiger charge is 2.17. The zero-order valence-corrected chi connectivity index (χ0v) is 17.3. The highest BCUT2D eigenvalue weighted by atomic mass is 35.5. The quantitative estimate of drug-likeness (QED) is 0.593. The van der Waals surface area contributed by atoms with Crippen molar-refractivity contribution < 1.29 is 17.9 Å². The summed E-state index contributed by atoms with van der Waals surface area (Å²) in [4.78, 5) is 12.5. The van der Waals surface area contributed by atoms with Crippen molar-refractivity contribution in [3.05, 3.63) is 82.9 Å². The van der Waals surface area contributed by atoms with Crippen LogP contribution in [0.1, 0.15) is 15.9 Å². The van der Waals surface area contributed by atoms with E-state index in [1.54, 1.807) is 49.4 Å². The molecule has 0 spiro atoms. The summed E-state index contributed by atoms with van der Waals surface area (Å²) in [6.07, 6.45) is 0. The van der Waals surface area contributed by atoms with Gasteiger partial charge in [-0.05, 0) is 61.0 Å². The first kappa shape index (κ1) is 20.7. The Kier molecular flexibility index (Phi) is 6.10. The van der Waals surface area contributed by atoms with Crippen molar-refractivity contribution in [1.29, 1.82) is 0 Å². The molecule has 150 valence electrons. The first-order valence-electron chi connectivity index (χ1n) is 8.64. The molecule has 2 N–H and O–H groups in total. The first-order chi connectivity index (χ1) is 13.8. The van der Waals surface area contributed by atoms with E-state index >= 15 is 0 Å². The van der Waals surface area contributed by atoms with E-state index in [0.29, 0.717) is 33.3 Å². The summed E-state index contributed by atoms with van der Waals surface area (Å²) in [5.74, 6) is 0.0935. The molecule has 0 aliphatic heterocycles. The first-order valence-corrected chi connectivity index (χ1v) is 10.5. The molecule has 3 aromatic carbocycles. The van der Waals surface area contributed by atoms with Crippen LogP contribution in [-0.2, 0) is 10.0 Å². The second-order valence-corrected chi connectivity index (χ2v) is 8.29. The van der Waals surface area contributed by atoms with Gasteiger partial charge >= 0.3 is 0 Å². The molecule has 0 saturated heterocycles. The Labute approximate surface area is 174 Å². The highest BCUT2D eigenvalue weighted by molar-refractivity contribution is 7.92. The Morgan fingerprint density at radius 3 is 2.34 bits per heavy atom. The van der Waals surface area contributed by atoms with E-state index in [4.69, 9.17) is 16.3 Å². The molecule has 0 heterocycles. The number of para-hydroxylation sites is 1. The van der Waals surface area contributed by atoms with Crippen molar-refractivity contribution in [3.8, 4) is 5.75 Å². The van der Waals surface area contributed by atoms with Crippen LogP contribution in [0.4, 0.5) is 11.4 Å². The summed E-state index contributed by atoms with van der Waals surface area (Å²) in [5, 5.41) is 3.20. The van der Waals surface area contributed by atoms with Crippen molar-refractivity contribution in [3.63, 3.8) is 0 Å². The second kappa shape index (κ2) is 8.55. The predicted molar refractivity (Wildman–Crippen MR) is 114 cm³/mol. The van der Waals surface area contributed by atoms with Crippen molar-refractivity contribution in [2.45, 2.75) is 11.8 Å². The third kappa shape index (κ3) is 4.70. The Morgan fingerprint density at radius 1 is 0.966 bits per heavy atom. The maximum Gasteiger partial charge on any atom is 0.261 e. The number of carbonyl (C=O) groups is 1. The molecule has 0 aliphatic rings. The van der Waals surface area contributed by atoms with Gasteiger partial charge in [0.15, 0.2) is 0 Å². The average Bonchev–Trinajstić information content (AvgIpc) is 2.71. The molecule has 3 rings (SSSR count). The number of halogens is 1. The normalized spacial score (nSPS) is 11.0. The van der Waals surface area contributed by atoms with Crippen LogP contribution < -0.4 is 14.8 Å². The Balaban J connectivity index is 1.77. The highest BCUT2D eigenvalue weighted by Crippen LogP contribution is 2.26. The summed E-state index contributed by atoms with van der Waals surface area (Å²) in [6.45, 7) is 1.73. The number of carbonyl (C=O) groups excluding carboxylic acids is 1. The predicted octanol–water partition coefficient (Wildman–Crippen LogP) is 4.71. The van der Waals surface area contributed by atoms with E-state index in [2.05, 4.69) is 10.0 Å². The molecule has 0 atom stereocenters. The van der Waals surface area contributed by atoms with Gasteiger partial charge in [-0.25, -0.2) is 8.42 Å². The fourth-order valence-electron chi connectivity index (χ4n) is 2.67. The van der Waals surface area contributed by atoms with Gasteiger partial charge in [-0.1, -0.05) is 29.8 Å². The summed E-state index contributed by atoms with van der Waals surface area (Å²) in [7, 11) is -2.32. The van der Waals surface area contributed by atoms with Crippen LogP contribution in [0.5, 0.6) is 5.75 Å². The van der Waals surface area contributed by atoms with Crippen LogP contribution >= 0.6 is 11.6 Å². The van der Waals surface area contributed by atoms with Gasteiger partial charge in [-0.2, -0.15) is 0 Å². The molecule has 0 aliphatic carbocycles. The molecule has 8 heteroatoms. The SMILES string of the molecule is COc1ccccc1C(=O)Nc1ccc(S(=O)(=O)Nc2cccc(Cl)c2C)cc1. The molecule has 0 fully saturated rings. The maximum absolute atomic E-state index is 12.6. The van der Waals surface area contributed by atoms with E-state index in [1.807, 2.05) is 0 Å². The van der Waals surface area contributed by atoms with Crippen LogP contribution in [0.2, 0.25) is 5.02 Å². The van der Waals surface area contributed by atoms with Gasteiger partial charge < -0.3 is 10.1 Å². The Morgan fingerprint density at radius 2 is 1.66 bits per heavy atom. The van der Waals surface area contributed by atoms with Gasteiger partial charge in [-0.3, -0.25) is 9.52 Å². The van der Waals surface area contributed by atoms with Gasteiger partial charge in [0.1, 0.15) is 5.75 Å². The van der Waals surface area contributed by atoms with Crippen LogP contribution in [-0.4, -0.2) is 21.4 Å². The number of ether oxygens (including phenoxy) is 1. The molecule has 1 amide bonds. The third-order valence-corrected chi connectivity index (χ3v) is 6.08. The molecular weight excluding hydrogens is 412 g/mol. The minimum absolute atomic E-state index is 0.0622. The number of rotatable bonds is 6. The summed E-state index contributed by atoms with van der Waals surface area (Å²) in [6, 6.07) is 17.7. The summed E-state index contributed by atoms with van der Waals surface area (Å²) < 4.78 is 33.0. The number of hydrogen-bond acceptors (Lipinski definition) is 4. The van der Waals surface area contributed by atoms with Crippen molar-refractivity contribution in [1.82, 2.24) is 0 Å². The minimum Gasteiger partial charge on any atom is -0.496 e. The molecule has 0 aromatic heterocycles.